The van der Waals surface area contributed by atoms with Crippen molar-refractivity contribution in [1.82, 2.24) is 9.97 Å². The highest BCUT2D eigenvalue weighted by atomic mass is 16.5. The average molecular weight is 266 g/mol. The fourth-order valence-electron chi connectivity index (χ4n) is 2.13. The zero-order valence-electron chi connectivity index (χ0n) is 11.0. The Morgan fingerprint density at radius 2 is 2.00 bits per heavy atom. The van der Waals surface area contributed by atoms with E-state index in [2.05, 4.69) is 9.97 Å². The Morgan fingerprint density at radius 1 is 1.10 bits per heavy atom. The molecule has 4 heteroatoms. The summed E-state index contributed by atoms with van der Waals surface area (Å²) in [6.07, 6.45) is 0.969. The Kier molecular flexibility index (Phi) is 3.31. The van der Waals surface area contributed by atoms with Crippen LogP contribution in [0, 0.1) is 0 Å². The second-order valence-electron chi connectivity index (χ2n) is 4.46. The van der Waals surface area contributed by atoms with Crippen LogP contribution in [0.5, 0.6) is 5.88 Å². The fraction of sp³-hybridized carbons (Fsp3) is 0.125. The summed E-state index contributed by atoms with van der Waals surface area (Å²) < 4.78 is 5.08. The number of aromatic nitrogens is 2. The van der Waals surface area contributed by atoms with Gasteiger partial charge in [0.15, 0.2) is 0 Å². The van der Waals surface area contributed by atoms with E-state index in [1.807, 2.05) is 36.4 Å². The molecule has 3 rings (SSSR count). The fourth-order valence-corrected chi connectivity index (χ4v) is 2.13. The lowest BCUT2D eigenvalue weighted by Gasteiger charge is -2.12. The second kappa shape index (κ2) is 5.27. The van der Waals surface area contributed by atoms with Gasteiger partial charge in [0.05, 0.1) is 18.3 Å². The number of aliphatic hydroxyl groups is 1. The number of aliphatic hydroxyl groups excluding tert-OH is 1. The van der Waals surface area contributed by atoms with Gasteiger partial charge in [0.1, 0.15) is 6.10 Å². The Labute approximate surface area is 116 Å². The summed E-state index contributed by atoms with van der Waals surface area (Å²) in [7, 11) is 1.56. The van der Waals surface area contributed by atoms with Crippen LogP contribution in [0.3, 0.4) is 0 Å². The highest BCUT2D eigenvalue weighted by Gasteiger charge is 2.13. The van der Waals surface area contributed by atoms with Crippen LogP contribution in [0.15, 0.2) is 54.7 Å². The van der Waals surface area contributed by atoms with Gasteiger partial charge in [-0.2, -0.15) is 0 Å². The van der Waals surface area contributed by atoms with Gasteiger partial charge in [-0.3, -0.25) is 4.98 Å². The van der Waals surface area contributed by atoms with Crippen molar-refractivity contribution < 1.29 is 9.84 Å². The van der Waals surface area contributed by atoms with Gasteiger partial charge in [0, 0.05) is 17.6 Å². The third-order valence-electron chi connectivity index (χ3n) is 3.18. The van der Waals surface area contributed by atoms with Crippen molar-refractivity contribution in [2.45, 2.75) is 6.10 Å². The molecule has 20 heavy (non-hydrogen) atoms. The molecule has 0 aliphatic heterocycles. The van der Waals surface area contributed by atoms with Gasteiger partial charge in [0.2, 0.25) is 5.88 Å². The lowest BCUT2D eigenvalue weighted by molar-refractivity contribution is 0.214. The molecule has 1 unspecified atom stereocenters. The van der Waals surface area contributed by atoms with Crippen molar-refractivity contribution in [1.29, 1.82) is 0 Å². The smallest absolute Gasteiger partial charge is 0.213 e. The Balaban J connectivity index is 2.00. The zero-order valence-corrected chi connectivity index (χ0v) is 11.0. The van der Waals surface area contributed by atoms with Crippen LogP contribution >= 0.6 is 0 Å². The summed E-state index contributed by atoms with van der Waals surface area (Å²) in [5.41, 5.74) is 2.25. The molecule has 2 aromatic heterocycles. The topological polar surface area (TPSA) is 55.2 Å². The van der Waals surface area contributed by atoms with E-state index in [9.17, 15) is 5.11 Å². The van der Waals surface area contributed by atoms with E-state index in [0.717, 1.165) is 16.5 Å². The van der Waals surface area contributed by atoms with Crippen molar-refractivity contribution in [2.75, 3.05) is 7.11 Å². The zero-order chi connectivity index (χ0) is 13.9. The molecule has 1 aromatic carbocycles. The van der Waals surface area contributed by atoms with Gasteiger partial charge in [-0.1, -0.05) is 18.2 Å². The van der Waals surface area contributed by atoms with Crippen molar-refractivity contribution in [3.8, 4) is 5.88 Å². The van der Waals surface area contributed by atoms with E-state index in [4.69, 9.17) is 4.74 Å². The summed E-state index contributed by atoms with van der Waals surface area (Å²) in [5.74, 6) is 0.490. The molecule has 3 aromatic rings. The number of hydrogen-bond acceptors (Lipinski definition) is 4. The summed E-state index contributed by atoms with van der Waals surface area (Å²) in [6, 6.07) is 14.9. The van der Waals surface area contributed by atoms with Gasteiger partial charge in [0.25, 0.3) is 0 Å². The number of hydrogen-bond donors (Lipinski definition) is 1. The number of pyridine rings is 2. The van der Waals surface area contributed by atoms with E-state index >= 15 is 0 Å². The average Bonchev–Trinajstić information content (AvgIpc) is 2.53. The van der Waals surface area contributed by atoms with E-state index in [1.165, 1.54) is 0 Å². The molecular weight excluding hydrogens is 252 g/mol. The Morgan fingerprint density at radius 3 is 2.85 bits per heavy atom. The first kappa shape index (κ1) is 12.6. The highest BCUT2D eigenvalue weighted by molar-refractivity contribution is 5.79. The normalized spacial score (nSPS) is 12.3. The SMILES string of the molecule is COc1cccc(C(O)c2ccc3ncccc3c2)n1. The van der Waals surface area contributed by atoms with Gasteiger partial charge < -0.3 is 9.84 Å². The third kappa shape index (κ3) is 2.33. The van der Waals surface area contributed by atoms with Crippen LogP contribution < -0.4 is 4.74 Å². The molecule has 100 valence electrons. The maximum absolute atomic E-state index is 10.4. The quantitative estimate of drug-likeness (QED) is 0.792. The summed E-state index contributed by atoms with van der Waals surface area (Å²) in [5, 5.41) is 11.4. The van der Waals surface area contributed by atoms with Crippen LogP contribution in [0.25, 0.3) is 10.9 Å². The molecule has 1 N–H and O–H groups in total. The number of benzene rings is 1. The first-order valence-electron chi connectivity index (χ1n) is 6.31. The van der Waals surface area contributed by atoms with Gasteiger partial charge >= 0.3 is 0 Å². The van der Waals surface area contributed by atoms with Gasteiger partial charge in [-0.05, 0) is 29.8 Å². The van der Waals surface area contributed by atoms with Crippen molar-refractivity contribution >= 4 is 10.9 Å². The molecular formula is C16H14N2O2. The molecule has 0 saturated carbocycles. The second-order valence-corrected chi connectivity index (χ2v) is 4.46. The van der Waals surface area contributed by atoms with Crippen molar-refractivity contribution in [3.63, 3.8) is 0 Å². The third-order valence-corrected chi connectivity index (χ3v) is 3.18. The highest BCUT2D eigenvalue weighted by Crippen LogP contribution is 2.24. The molecule has 0 bridgehead atoms. The molecule has 1 atom stereocenters. The minimum Gasteiger partial charge on any atom is -0.481 e. The van der Waals surface area contributed by atoms with Crippen molar-refractivity contribution in [3.05, 3.63) is 66.0 Å². The van der Waals surface area contributed by atoms with E-state index in [-0.39, 0.29) is 0 Å². The van der Waals surface area contributed by atoms with E-state index in [0.29, 0.717) is 11.6 Å². The van der Waals surface area contributed by atoms with Crippen LogP contribution in [0.1, 0.15) is 17.4 Å². The largest absolute Gasteiger partial charge is 0.481 e. The summed E-state index contributed by atoms with van der Waals surface area (Å²) >= 11 is 0. The molecule has 0 aliphatic carbocycles. The maximum atomic E-state index is 10.4. The maximum Gasteiger partial charge on any atom is 0.213 e. The number of nitrogens with zero attached hydrogens (tertiary/aromatic N) is 2. The van der Waals surface area contributed by atoms with E-state index in [1.54, 1.807) is 25.4 Å². The molecule has 0 fully saturated rings. The molecule has 4 nitrogen and oxygen atoms in total. The van der Waals surface area contributed by atoms with E-state index < -0.39 is 6.10 Å². The van der Waals surface area contributed by atoms with Crippen LogP contribution in [-0.2, 0) is 0 Å². The minimum absolute atomic E-state index is 0.490. The summed E-state index contributed by atoms with van der Waals surface area (Å²) in [4.78, 5) is 8.52. The predicted molar refractivity (Wildman–Crippen MR) is 76.6 cm³/mol. The minimum atomic E-state index is -0.783. The lowest BCUT2D eigenvalue weighted by Crippen LogP contribution is -2.03. The Bertz CT molecular complexity index is 743. The van der Waals surface area contributed by atoms with Gasteiger partial charge in [-0.15, -0.1) is 0 Å². The molecule has 0 aliphatic rings. The monoisotopic (exact) mass is 266 g/mol. The molecule has 2 heterocycles. The van der Waals surface area contributed by atoms with Crippen LogP contribution in [0.2, 0.25) is 0 Å². The number of methoxy groups -OCH3 is 1. The molecule has 0 saturated heterocycles. The predicted octanol–water partition coefficient (Wildman–Crippen LogP) is 2.72. The van der Waals surface area contributed by atoms with Crippen LogP contribution in [-0.4, -0.2) is 22.2 Å². The first-order chi connectivity index (χ1) is 9.78. The van der Waals surface area contributed by atoms with Crippen LogP contribution in [0.4, 0.5) is 0 Å². The number of fused-ring (bicyclic) bond motifs is 1. The van der Waals surface area contributed by atoms with Gasteiger partial charge in [-0.25, -0.2) is 4.98 Å². The number of ether oxygens (including phenoxy) is 1. The molecule has 0 spiro atoms. The molecule has 0 radical (unpaired) electrons. The first-order valence-corrected chi connectivity index (χ1v) is 6.31. The molecule has 0 amide bonds. The standard InChI is InChI=1S/C16H14N2O2/c1-20-15-6-2-5-14(18-15)16(19)12-7-8-13-11(10-12)4-3-9-17-13/h2-10,16,19H,1H3. The summed E-state index contributed by atoms with van der Waals surface area (Å²) in [6.45, 7) is 0. The van der Waals surface area contributed by atoms with Crippen molar-refractivity contribution in [2.24, 2.45) is 0 Å². The lowest BCUT2D eigenvalue weighted by atomic mass is 10.0. The number of rotatable bonds is 3. The Hall–Kier alpha value is -2.46.